The molecule has 0 bridgehead atoms. The van der Waals surface area contributed by atoms with Gasteiger partial charge in [-0.05, 0) is 55.2 Å². The van der Waals surface area contributed by atoms with Gasteiger partial charge in [-0.1, -0.05) is 168 Å². The molecule has 1 rings (SSSR count). The minimum absolute atomic E-state index is 1.13. The summed E-state index contributed by atoms with van der Waals surface area (Å²) in [6.07, 6.45) is 36.9. The first-order valence-corrected chi connectivity index (χ1v) is 17.1. The van der Waals surface area contributed by atoms with Gasteiger partial charge in [0.15, 0.2) is 0 Å². The van der Waals surface area contributed by atoms with Gasteiger partial charge in [0.05, 0.1) is 0 Å². The Kier molecular flexibility index (Phi) is 23.3. The second-order valence-corrected chi connectivity index (χ2v) is 12.0. The van der Waals surface area contributed by atoms with Crippen molar-refractivity contribution >= 4 is 5.69 Å². The van der Waals surface area contributed by atoms with Gasteiger partial charge < -0.3 is 5.73 Å². The number of nitrogens with two attached hydrogens (primary N) is 1. The summed E-state index contributed by atoms with van der Waals surface area (Å²) < 4.78 is 0. The molecule has 1 aromatic rings. The van der Waals surface area contributed by atoms with Crippen molar-refractivity contribution in [2.75, 3.05) is 5.73 Å². The van der Waals surface area contributed by atoms with E-state index in [0.717, 1.165) is 5.69 Å². The van der Waals surface area contributed by atoms with Gasteiger partial charge in [0.2, 0.25) is 0 Å². The fourth-order valence-corrected chi connectivity index (χ4v) is 5.77. The van der Waals surface area contributed by atoms with Gasteiger partial charge in [-0.3, -0.25) is 0 Å². The average molecular weight is 514 g/mol. The van der Waals surface area contributed by atoms with Crippen molar-refractivity contribution in [2.24, 2.45) is 0 Å². The monoisotopic (exact) mass is 514 g/mol. The van der Waals surface area contributed by atoms with Gasteiger partial charge in [-0.2, -0.15) is 0 Å². The van der Waals surface area contributed by atoms with E-state index in [9.17, 15) is 0 Å². The maximum atomic E-state index is 6.78. The summed E-state index contributed by atoms with van der Waals surface area (Å²) in [4.78, 5) is 0. The first kappa shape index (κ1) is 34.0. The lowest BCUT2D eigenvalue weighted by Crippen LogP contribution is -2.03. The summed E-state index contributed by atoms with van der Waals surface area (Å²) in [5.74, 6) is 0. The van der Waals surface area contributed by atoms with Crippen LogP contribution in [0.25, 0.3) is 0 Å². The molecular weight excluding hydrogens is 446 g/mol. The van der Waals surface area contributed by atoms with Gasteiger partial charge in [-0.15, -0.1) is 0 Å². The molecule has 0 amide bonds. The third kappa shape index (κ3) is 18.8. The third-order valence-electron chi connectivity index (χ3n) is 8.33. The number of aryl methyl sites for hydroxylation is 3. The molecule has 1 aromatic carbocycles. The van der Waals surface area contributed by atoms with Gasteiger partial charge >= 0.3 is 0 Å². The maximum absolute atomic E-state index is 6.78. The van der Waals surface area contributed by atoms with Gasteiger partial charge in [0, 0.05) is 5.69 Å². The van der Waals surface area contributed by atoms with Crippen molar-refractivity contribution in [3.05, 3.63) is 28.8 Å². The molecule has 0 unspecified atom stereocenters. The van der Waals surface area contributed by atoms with Crippen LogP contribution in [-0.4, -0.2) is 0 Å². The number of hydrogen-bond donors (Lipinski definition) is 1. The standard InChI is InChI=1S/C36H67N/c1-4-7-10-13-16-19-22-25-28-33-31-34(29-26-23-20-17-14-11-8-5-2)36(37)35(32-33)30-27-24-21-18-15-12-9-6-3/h31-32H,4-30,37H2,1-3H3. The number of hydrogen-bond acceptors (Lipinski definition) is 1. The highest BCUT2D eigenvalue weighted by Crippen LogP contribution is 2.26. The number of benzene rings is 1. The molecule has 37 heavy (non-hydrogen) atoms. The molecule has 0 aliphatic rings. The Hall–Kier alpha value is -0.980. The Balaban J connectivity index is 2.51. The predicted octanol–water partition coefficient (Wildman–Crippen LogP) is 12.3. The Bertz CT molecular complexity index is 578. The van der Waals surface area contributed by atoms with Crippen molar-refractivity contribution in [1.29, 1.82) is 0 Å². The second kappa shape index (κ2) is 25.3. The summed E-state index contributed by atoms with van der Waals surface area (Å²) in [5, 5.41) is 0. The van der Waals surface area contributed by atoms with E-state index in [-0.39, 0.29) is 0 Å². The summed E-state index contributed by atoms with van der Waals surface area (Å²) in [6, 6.07) is 4.96. The molecule has 0 atom stereocenters. The van der Waals surface area contributed by atoms with E-state index >= 15 is 0 Å². The van der Waals surface area contributed by atoms with Crippen LogP contribution in [0.2, 0.25) is 0 Å². The summed E-state index contributed by atoms with van der Waals surface area (Å²) in [7, 11) is 0. The van der Waals surface area contributed by atoms with E-state index in [4.69, 9.17) is 5.73 Å². The van der Waals surface area contributed by atoms with Crippen molar-refractivity contribution in [3.63, 3.8) is 0 Å². The molecule has 0 saturated carbocycles. The zero-order valence-corrected chi connectivity index (χ0v) is 25.8. The molecule has 0 fully saturated rings. The number of nitrogen functional groups attached to an aromatic ring is 1. The second-order valence-electron chi connectivity index (χ2n) is 12.0. The van der Waals surface area contributed by atoms with Gasteiger partial charge in [0.25, 0.3) is 0 Å². The minimum Gasteiger partial charge on any atom is -0.398 e. The van der Waals surface area contributed by atoms with Gasteiger partial charge in [0.1, 0.15) is 0 Å². The molecule has 0 aliphatic carbocycles. The first-order chi connectivity index (χ1) is 18.2. The molecule has 2 N–H and O–H groups in total. The Morgan fingerprint density at radius 2 is 0.649 bits per heavy atom. The van der Waals surface area contributed by atoms with E-state index < -0.39 is 0 Å². The fraction of sp³-hybridized carbons (Fsp3) is 0.833. The maximum Gasteiger partial charge on any atom is 0.0379 e. The third-order valence-corrected chi connectivity index (χ3v) is 8.33. The molecule has 0 heterocycles. The van der Waals surface area contributed by atoms with Crippen LogP contribution in [0.3, 0.4) is 0 Å². The average Bonchev–Trinajstić information content (AvgIpc) is 2.90. The van der Waals surface area contributed by atoms with Crippen LogP contribution in [0.5, 0.6) is 0 Å². The van der Waals surface area contributed by atoms with Crippen LogP contribution in [0, 0.1) is 0 Å². The highest BCUT2D eigenvalue weighted by Gasteiger charge is 2.09. The highest BCUT2D eigenvalue weighted by atomic mass is 14.6. The molecule has 0 aromatic heterocycles. The first-order valence-electron chi connectivity index (χ1n) is 17.1. The van der Waals surface area contributed by atoms with Crippen molar-refractivity contribution in [3.8, 4) is 0 Å². The van der Waals surface area contributed by atoms with Gasteiger partial charge in [-0.25, -0.2) is 0 Å². The smallest absolute Gasteiger partial charge is 0.0379 e. The van der Waals surface area contributed by atoms with Crippen LogP contribution in [0.1, 0.15) is 192 Å². The van der Waals surface area contributed by atoms with Crippen LogP contribution in [0.15, 0.2) is 12.1 Å². The van der Waals surface area contributed by atoms with Crippen molar-refractivity contribution < 1.29 is 0 Å². The van der Waals surface area contributed by atoms with E-state index in [2.05, 4.69) is 32.9 Å². The van der Waals surface area contributed by atoms with E-state index in [1.165, 1.54) is 184 Å². The zero-order chi connectivity index (χ0) is 26.8. The Morgan fingerprint density at radius 1 is 0.378 bits per heavy atom. The van der Waals surface area contributed by atoms with Crippen LogP contribution in [-0.2, 0) is 19.3 Å². The normalized spacial score (nSPS) is 11.4. The lowest BCUT2D eigenvalue weighted by atomic mass is 9.93. The fourth-order valence-electron chi connectivity index (χ4n) is 5.77. The van der Waals surface area contributed by atoms with E-state index in [1.54, 1.807) is 5.56 Å². The molecule has 1 nitrogen and oxygen atoms in total. The van der Waals surface area contributed by atoms with E-state index in [1.807, 2.05) is 0 Å². The van der Waals surface area contributed by atoms with E-state index in [0.29, 0.717) is 0 Å². The molecule has 216 valence electrons. The number of anilines is 1. The molecule has 0 saturated heterocycles. The number of rotatable bonds is 27. The Labute approximate surface area is 234 Å². The van der Waals surface area contributed by atoms with Crippen LogP contribution >= 0.6 is 0 Å². The summed E-state index contributed by atoms with van der Waals surface area (Å²) in [5.41, 5.74) is 12.4. The molecule has 0 spiro atoms. The highest BCUT2D eigenvalue weighted by molar-refractivity contribution is 5.56. The molecule has 0 radical (unpaired) electrons. The van der Waals surface area contributed by atoms with Crippen LogP contribution < -0.4 is 5.73 Å². The van der Waals surface area contributed by atoms with Crippen molar-refractivity contribution in [1.82, 2.24) is 0 Å². The zero-order valence-electron chi connectivity index (χ0n) is 25.8. The van der Waals surface area contributed by atoms with Crippen LogP contribution in [0.4, 0.5) is 5.69 Å². The minimum atomic E-state index is 1.13. The summed E-state index contributed by atoms with van der Waals surface area (Å²) in [6.45, 7) is 6.91. The topological polar surface area (TPSA) is 26.0 Å². The molecular formula is C36H67N. The number of unbranched alkanes of at least 4 members (excludes halogenated alkanes) is 21. The summed E-state index contributed by atoms with van der Waals surface area (Å²) >= 11 is 0. The predicted molar refractivity (Wildman–Crippen MR) is 170 cm³/mol. The largest absolute Gasteiger partial charge is 0.398 e. The molecule has 0 aliphatic heterocycles. The lowest BCUT2D eigenvalue weighted by Gasteiger charge is -2.15. The lowest BCUT2D eigenvalue weighted by molar-refractivity contribution is 0.572. The Morgan fingerprint density at radius 3 is 0.973 bits per heavy atom. The SMILES string of the molecule is CCCCCCCCCCc1cc(CCCCCCCCCC)c(N)c(CCCCCCCCCC)c1. The van der Waals surface area contributed by atoms with Crippen molar-refractivity contribution in [2.45, 2.75) is 194 Å². The molecule has 1 heteroatoms. The quantitative estimate of drug-likeness (QED) is 0.0918.